The molecule has 1 aromatic carbocycles. The summed E-state index contributed by atoms with van der Waals surface area (Å²) in [5.41, 5.74) is 2.91. The molecule has 0 fully saturated rings. The zero-order valence-electron chi connectivity index (χ0n) is 11.1. The summed E-state index contributed by atoms with van der Waals surface area (Å²) in [5.74, 6) is 0. The number of hydrogen-bond donors (Lipinski definition) is 1. The molecule has 0 spiro atoms. The fourth-order valence-corrected chi connectivity index (χ4v) is 1.64. The summed E-state index contributed by atoms with van der Waals surface area (Å²) in [6, 6.07) is 8.75. The van der Waals surface area contributed by atoms with Crippen LogP contribution in [0.4, 0.5) is 5.69 Å². The van der Waals surface area contributed by atoms with Crippen molar-refractivity contribution < 1.29 is 0 Å². The third kappa shape index (κ3) is 3.47. The van der Waals surface area contributed by atoms with Crippen molar-refractivity contribution >= 4 is 5.69 Å². The molecule has 0 bridgehead atoms. The minimum atomic E-state index is 0.390. The molecule has 0 aliphatic carbocycles. The van der Waals surface area contributed by atoms with Gasteiger partial charge in [-0.25, -0.2) is 0 Å². The molecule has 3 heteroatoms. The second kappa shape index (κ2) is 6.27. The molecule has 0 aliphatic heterocycles. The summed E-state index contributed by atoms with van der Waals surface area (Å²) in [4.78, 5) is 2.12. The Kier molecular flexibility index (Phi) is 4.99. The van der Waals surface area contributed by atoms with E-state index in [0.717, 1.165) is 29.9 Å². The molecule has 0 aromatic heterocycles. The van der Waals surface area contributed by atoms with E-state index in [1.54, 1.807) is 0 Å². The maximum atomic E-state index is 9.20. The minimum Gasteiger partial charge on any atom is -0.371 e. The van der Waals surface area contributed by atoms with Gasteiger partial charge in [-0.05, 0) is 38.1 Å². The molecule has 1 rings (SSSR count). The lowest BCUT2D eigenvalue weighted by Crippen LogP contribution is -2.26. The number of nitriles is 1. The lowest BCUT2D eigenvalue weighted by atomic mass is 10.1. The van der Waals surface area contributed by atoms with Crippen LogP contribution in [0.5, 0.6) is 0 Å². The average Bonchev–Trinajstić information content (AvgIpc) is 2.34. The standard InChI is InChI=1S/C14H21N3/c1-5-16-10-12-6-7-14(13(8-12)9-15)17(4)11(2)3/h6-8,11,16H,5,10H2,1-4H3. The van der Waals surface area contributed by atoms with Gasteiger partial charge in [0.05, 0.1) is 11.3 Å². The monoisotopic (exact) mass is 231 g/mol. The highest BCUT2D eigenvalue weighted by Crippen LogP contribution is 2.22. The zero-order valence-corrected chi connectivity index (χ0v) is 11.1. The van der Waals surface area contributed by atoms with E-state index in [0.29, 0.717) is 6.04 Å². The van der Waals surface area contributed by atoms with Crippen LogP contribution < -0.4 is 10.2 Å². The van der Waals surface area contributed by atoms with Crippen LogP contribution in [0.15, 0.2) is 18.2 Å². The Morgan fingerprint density at radius 2 is 2.12 bits per heavy atom. The summed E-state index contributed by atoms with van der Waals surface area (Å²) in [5, 5.41) is 12.5. The fraction of sp³-hybridized carbons (Fsp3) is 0.500. The van der Waals surface area contributed by atoms with Gasteiger partial charge in [-0.2, -0.15) is 5.26 Å². The summed E-state index contributed by atoms with van der Waals surface area (Å²) < 4.78 is 0. The number of rotatable bonds is 5. The topological polar surface area (TPSA) is 39.1 Å². The normalized spacial score (nSPS) is 10.4. The Morgan fingerprint density at radius 3 is 2.65 bits per heavy atom. The van der Waals surface area contributed by atoms with E-state index in [9.17, 15) is 5.26 Å². The van der Waals surface area contributed by atoms with E-state index < -0.39 is 0 Å². The van der Waals surface area contributed by atoms with Crippen molar-refractivity contribution in [1.82, 2.24) is 5.32 Å². The van der Waals surface area contributed by atoms with E-state index in [-0.39, 0.29) is 0 Å². The fourth-order valence-electron chi connectivity index (χ4n) is 1.64. The van der Waals surface area contributed by atoms with E-state index in [4.69, 9.17) is 0 Å². The van der Waals surface area contributed by atoms with Crippen molar-refractivity contribution in [2.75, 3.05) is 18.5 Å². The van der Waals surface area contributed by atoms with Crippen LogP contribution in [0.3, 0.4) is 0 Å². The first-order chi connectivity index (χ1) is 8.10. The minimum absolute atomic E-state index is 0.390. The van der Waals surface area contributed by atoms with Gasteiger partial charge in [-0.1, -0.05) is 13.0 Å². The number of benzene rings is 1. The van der Waals surface area contributed by atoms with Gasteiger partial charge in [-0.3, -0.25) is 0 Å². The Balaban J connectivity index is 2.98. The molecular formula is C14H21N3. The SMILES string of the molecule is CCNCc1ccc(N(C)C(C)C)c(C#N)c1. The van der Waals surface area contributed by atoms with Crippen molar-refractivity contribution in [3.63, 3.8) is 0 Å². The molecular weight excluding hydrogens is 210 g/mol. The predicted octanol–water partition coefficient (Wildman–Crippen LogP) is 2.51. The summed E-state index contributed by atoms with van der Waals surface area (Å²) in [6.07, 6.45) is 0. The second-order valence-corrected chi connectivity index (χ2v) is 4.45. The number of hydrogen-bond acceptors (Lipinski definition) is 3. The quantitative estimate of drug-likeness (QED) is 0.846. The Hall–Kier alpha value is -1.53. The van der Waals surface area contributed by atoms with Gasteiger partial charge >= 0.3 is 0 Å². The first-order valence-corrected chi connectivity index (χ1v) is 6.06. The van der Waals surface area contributed by atoms with Gasteiger partial charge in [0, 0.05) is 19.6 Å². The van der Waals surface area contributed by atoms with E-state index in [1.165, 1.54) is 0 Å². The van der Waals surface area contributed by atoms with Crippen molar-refractivity contribution in [2.45, 2.75) is 33.4 Å². The zero-order chi connectivity index (χ0) is 12.8. The van der Waals surface area contributed by atoms with Crippen LogP contribution >= 0.6 is 0 Å². The second-order valence-electron chi connectivity index (χ2n) is 4.45. The molecule has 0 saturated carbocycles. The first-order valence-electron chi connectivity index (χ1n) is 6.06. The number of anilines is 1. The highest BCUT2D eigenvalue weighted by molar-refractivity contribution is 5.60. The van der Waals surface area contributed by atoms with E-state index >= 15 is 0 Å². The Morgan fingerprint density at radius 1 is 1.41 bits per heavy atom. The van der Waals surface area contributed by atoms with Crippen LogP contribution in [-0.4, -0.2) is 19.6 Å². The van der Waals surface area contributed by atoms with Crippen molar-refractivity contribution in [2.24, 2.45) is 0 Å². The molecule has 0 radical (unpaired) electrons. The molecule has 17 heavy (non-hydrogen) atoms. The van der Waals surface area contributed by atoms with E-state index in [2.05, 4.69) is 43.1 Å². The van der Waals surface area contributed by atoms with E-state index in [1.807, 2.05) is 19.2 Å². The molecule has 0 saturated heterocycles. The van der Waals surface area contributed by atoms with Crippen LogP contribution in [0.1, 0.15) is 31.9 Å². The third-order valence-corrected chi connectivity index (χ3v) is 2.92. The third-order valence-electron chi connectivity index (χ3n) is 2.92. The summed E-state index contributed by atoms with van der Waals surface area (Å²) in [7, 11) is 2.02. The van der Waals surface area contributed by atoms with Crippen molar-refractivity contribution in [3.8, 4) is 6.07 Å². The summed E-state index contributed by atoms with van der Waals surface area (Å²) in [6.45, 7) is 8.07. The highest BCUT2D eigenvalue weighted by atomic mass is 15.1. The van der Waals surface area contributed by atoms with Gasteiger partial charge in [0.1, 0.15) is 6.07 Å². The molecule has 0 heterocycles. The molecule has 1 aromatic rings. The lowest BCUT2D eigenvalue weighted by Gasteiger charge is -2.25. The molecule has 0 aliphatic rings. The van der Waals surface area contributed by atoms with Gasteiger partial charge < -0.3 is 10.2 Å². The number of nitrogens with zero attached hydrogens (tertiary/aromatic N) is 2. The van der Waals surface area contributed by atoms with Crippen molar-refractivity contribution in [1.29, 1.82) is 5.26 Å². The first kappa shape index (κ1) is 13.5. The van der Waals surface area contributed by atoms with Gasteiger partial charge in [0.2, 0.25) is 0 Å². The van der Waals surface area contributed by atoms with Gasteiger partial charge in [0.25, 0.3) is 0 Å². The highest BCUT2D eigenvalue weighted by Gasteiger charge is 2.10. The Bertz CT molecular complexity index is 404. The molecule has 0 atom stereocenters. The van der Waals surface area contributed by atoms with Crippen LogP contribution in [0.25, 0.3) is 0 Å². The maximum absolute atomic E-state index is 9.20. The lowest BCUT2D eigenvalue weighted by molar-refractivity contribution is 0.725. The van der Waals surface area contributed by atoms with Crippen LogP contribution in [-0.2, 0) is 6.54 Å². The number of nitrogens with one attached hydrogen (secondary N) is 1. The molecule has 0 unspecified atom stereocenters. The maximum Gasteiger partial charge on any atom is 0.101 e. The van der Waals surface area contributed by atoms with Crippen LogP contribution in [0.2, 0.25) is 0 Å². The van der Waals surface area contributed by atoms with Crippen molar-refractivity contribution in [3.05, 3.63) is 29.3 Å². The molecule has 92 valence electrons. The molecule has 0 amide bonds. The molecule has 3 nitrogen and oxygen atoms in total. The van der Waals surface area contributed by atoms with Gasteiger partial charge in [-0.15, -0.1) is 0 Å². The Labute approximate surface area is 104 Å². The van der Waals surface area contributed by atoms with Crippen LogP contribution in [0, 0.1) is 11.3 Å². The van der Waals surface area contributed by atoms with Gasteiger partial charge in [0.15, 0.2) is 0 Å². The smallest absolute Gasteiger partial charge is 0.101 e. The average molecular weight is 231 g/mol. The predicted molar refractivity (Wildman–Crippen MR) is 72.1 cm³/mol. The largest absolute Gasteiger partial charge is 0.371 e. The summed E-state index contributed by atoms with van der Waals surface area (Å²) >= 11 is 0. The molecule has 1 N–H and O–H groups in total.